The number of aromatic nitrogens is 3. The first-order valence-electron chi connectivity index (χ1n) is 11.4. The van der Waals surface area contributed by atoms with E-state index < -0.39 is 0 Å². The van der Waals surface area contributed by atoms with Gasteiger partial charge in [-0.2, -0.15) is 0 Å². The van der Waals surface area contributed by atoms with E-state index >= 15 is 0 Å². The van der Waals surface area contributed by atoms with Crippen LogP contribution in [0, 0.1) is 0 Å². The van der Waals surface area contributed by atoms with Crippen LogP contribution >= 0.6 is 0 Å². The van der Waals surface area contributed by atoms with Gasteiger partial charge in [-0.1, -0.05) is 12.1 Å². The van der Waals surface area contributed by atoms with Crippen molar-refractivity contribution in [1.29, 1.82) is 0 Å². The molecule has 168 valence electrons. The average molecular weight is 441 g/mol. The van der Waals surface area contributed by atoms with E-state index in [-0.39, 0.29) is 5.91 Å². The molecule has 1 amide bonds. The summed E-state index contributed by atoms with van der Waals surface area (Å²) in [7, 11) is 0. The van der Waals surface area contributed by atoms with E-state index in [1.165, 1.54) is 5.56 Å². The van der Waals surface area contributed by atoms with E-state index in [2.05, 4.69) is 47.7 Å². The molecule has 5 rings (SSSR count). The lowest BCUT2D eigenvalue weighted by Crippen LogP contribution is -2.46. The van der Waals surface area contributed by atoms with Gasteiger partial charge in [0.15, 0.2) is 0 Å². The maximum Gasteiger partial charge on any atom is 0.252 e. The highest BCUT2D eigenvalue weighted by Gasteiger charge is 2.20. The number of fused-ring (bicyclic) bond motifs is 1. The third-order valence-corrected chi connectivity index (χ3v) is 6.11. The molecule has 0 bridgehead atoms. The van der Waals surface area contributed by atoms with Crippen molar-refractivity contribution in [1.82, 2.24) is 24.6 Å². The molecule has 0 spiro atoms. The Bertz CT molecular complexity index is 1200. The lowest BCUT2D eigenvalue weighted by molar-refractivity contribution is 0.0953. The average Bonchev–Trinajstić information content (AvgIpc) is 3.29. The molecule has 1 aliphatic rings. The predicted molar refractivity (Wildman–Crippen MR) is 129 cm³/mol. The van der Waals surface area contributed by atoms with Crippen LogP contribution in [0.2, 0.25) is 0 Å². The number of hydrogen-bond donors (Lipinski definition) is 1. The van der Waals surface area contributed by atoms with Gasteiger partial charge in [0, 0.05) is 81.7 Å². The first-order chi connectivity index (χ1) is 16.3. The van der Waals surface area contributed by atoms with Crippen molar-refractivity contribution in [3.8, 4) is 0 Å². The summed E-state index contributed by atoms with van der Waals surface area (Å²) < 4.78 is 2.13. The van der Waals surface area contributed by atoms with Crippen molar-refractivity contribution in [2.24, 2.45) is 0 Å². The molecule has 4 aromatic rings. The summed E-state index contributed by atoms with van der Waals surface area (Å²) in [6.07, 6.45) is 8.19. The Morgan fingerprint density at radius 3 is 2.61 bits per heavy atom. The molecule has 0 radical (unpaired) electrons. The van der Waals surface area contributed by atoms with Gasteiger partial charge >= 0.3 is 0 Å². The second-order valence-corrected chi connectivity index (χ2v) is 8.36. The smallest absolute Gasteiger partial charge is 0.252 e. The summed E-state index contributed by atoms with van der Waals surface area (Å²) in [6.45, 7) is 5.39. The first kappa shape index (κ1) is 21.2. The number of piperazine rings is 1. The second-order valence-electron chi connectivity index (χ2n) is 8.36. The molecule has 7 heteroatoms. The highest BCUT2D eigenvalue weighted by molar-refractivity contribution is 5.94. The van der Waals surface area contributed by atoms with Crippen molar-refractivity contribution in [2.75, 3.05) is 37.6 Å². The summed E-state index contributed by atoms with van der Waals surface area (Å²) in [5, 5.41) is 3.01. The number of amides is 1. The number of nitrogens with one attached hydrogen (secondary N) is 1. The molecule has 0 atom stereocenters. The topological polar surface area (TPSA) is 65.8 Å². The molecule has 33 heavy (non-hydrogen) atoms. The van der Waals surface area contributed by atoms with Gasteiger partial charge < -0.3 is 14.6 Å². The number of hydrogen-bond acceptors (Lipinski definition) is 5. The Morgan fingerprint density at radius 1 is 0.939 bits per heavy atom. The molecule has 0 saturated carbocycles. The fourth-order valence-electron chi connectivity index (χ4n) is 4.32. The van der Waals surface area contributed by atoms with Gasteiger partial charge in [0.25, 0.3) is 5.91 Å². The van der Waals surface area contributed by atoms with E-state index in [1.807, 2.05) is 55.0 Å². The van der Waals surface area contributed by atoms with E-state index in [0.717, 1.165) is 49.8 Å². The maximum atomic E-state index is 12.7. The SMILES string of the molecule is O=C(NCCc1ccccn1)c1ccc2ccc(N3CCN(Cc4cccnc4)CC3)n2c1. The highest BCUT2D eigenvalue weighted by Crippen LogP contribution is 2.22. The fourth-order valence-corrected chi connectivity index (χ4v) is 4.32. The van der Waals surface area contributed by atoms with Crippen LogP contribution < -0.4 is 10.2 Å². The van der Waals surface area contributed by atoms with Crippen LogP contribution in [0.25, 0.3) is 5.52 Å². The summed E-state index contributed by atoms with van der Waals surface area (Å²) in [5.74, 6) is 1.07. The number of rotatable bonds is 7. The molecule has 0 aromatic carbocycles. The largest absolute Gasteiger partial charge is 0.355 e. The van der Waals surface area contributed by atoms with Gasteiger partial charge in [0.05, 0.1) is 5.56 Å². The lowest BCUT2D eigenvalue weighted by atomic mass is 10.2. The van der Waals surface area contributed by atoms with Gasteiger partial charge in [-0.05, 0) is 48.0 Å². The Morgan fingerprint density at radius 2 is 1.82 bits per heavy atom. The molecule has 5 heterocycles. The van der Waals surface area contributed by atoms with Crippen LogP contribution in [0.3, 0.4) is 0 Å². The third kappa shape index (κ3) is 5.04. The zero-order valence-corrected chi connectivity index (χ0v) is 18.6. The highest BCUT2D eigenvalue weighted by atomic mass is 16.1. The number of carbonyl (C=O) groups excluding carboxylic acids is 1. The van der Waals surface area contributed by atoms with Crippen molar-refractivity contribution < 1.29 is 4.79 Å². The van der Waals surface area contributed by atoms with Gasteiger partial charge in [0.2, 0.25) is 0 Å². The van der Waals surface area contributed by atoms with Crippen LogP contribution in [0.15, 0.2) is 79.4 Å². The van der Waals surface area contributed by atoms with E-state index in [4.69, 9.17) is 0 Å². The third-order valence-electron chi connectivity index (χ3n) is 6.11. The molecule has 1 saturated heterocycles. The number of carbonyl (C=O) groups is 1. The molecule has 0 unspecified atom stereocenters. The molecule has 1 aliphatic heterocycles. The Kier molecular flexibility index (Phi) is 6.30. The molecule has 4 aromatic heterocycles. The zero-order chi connectivity index (χ0) is 22.5. The maximum absolute atomic E-state index is 12.7. The van der Waals surface area contributed by atoms with Crippen molar-refractivity contribution in [2.45, 2.75) is 13.0 Å². The summed E-state index contributed by atoms with van der Waals surface area (Å²) in [6, 6.07) is 18.1. The van der Waals surface area contributed by atoms with Crippen LogP contribution in [0.1, 0.15) is 21.6 Å². The fraction of sp³-hybridized carbons (Fsp3) is 0.269. The molecule has 0 aliphatic carbocycles. The lowest BCUT2D eigenvalue weighted by Gasteiger charge is -2.35. The molecule has 1 N–H and O–H groups in total. The summed E-state index contributed by atoms with van der Waals surface area (Å²) in [4.78, 5) is 26.1. The molecular weight excluding hydrogens is 412 g/mol. The Hall–Kier alpha value is -3.71. The molecule has 1 fully saturated rings. The number of nitrogens with zero attached hydrogens (tertiary/aromatic N) is 5. The predicted octanol–water partition coefficient (Wildman–Crippen LogP) is 3.02. The van der Waals surface area contributed by atoms with Crippen LogP contribution in [-0.2, 0) is 13.0 Å². The summed E-state index contributed by atoms with van der Waals surface area (Å²) >= 11 is 0. The minimum atomic E-state index is -0.0613. The van der Waals surface area contributed by atoms with Crippen molar-refractivity contribution >= 4 is 17.2 Å². The quantitative estimate of drug-likeness (QED) is 0.479. The number of pyridine rings is 3. The van der Waals surface area contributed by atoms with Crippen molar-refractivity contribution in [3.05, 3.63) is 96.2 Å². The van der Waals surface area contributed by atoms with Gasteiger partial charge in [-0.25, -0.2) is 0 Å². The monoisotopic (exact) mass is 440 g/mol. The van der Waals surface area contributed by atoms with E-state index in [1.54, 1.807) is 6.20 Å². The van der Waals surface area contributed by atoms with Crippen LogP contribution in [-0.4, -0.2) is 57.9 Å². The zero-order valence-electron chi connectivity index (χ0n) is 18.6. The van der Waals surface area contributed by atoms with Gasteiger partial charge in [-0.15, -0.1) is 0 Å². The Balaban J connectivity index is 1.21. The number of anilines is 1. The van der Waals surface area contributed by atoms with Crippen LogP contribution in [0.4, 0.5) is 5.82 Å². The minimum Gasteiger partial charge on any atom is -0.355 e. The standard InChI is InChI=1S/C26H28N6O/c33-26(29-13-10-23-5-1-2-12-28-23)22-6-7-24-8-9-25(32(24)20-22)31-16-14-30(15-17-31)19-21-4-3-11-27-18-21/h1-9,11-12,18,20H,10,13-17,19H2,(H,29,33). The molecular formula is C26H28N6O. The summed E-state index contributed by atoms with van der Waals surface area (Å²) in [5.41, 5.74) is 3.98. The van der Waals surface area contributed by atoms with E-state index in [9.17, 15) is 4.79 Å². The second kappa shape index (κ2) is 9.83. The minimum absolute atomic E-state index is 0.0613. The first-order valence-corrected chi connectivity index (χ1v) is 11.4. The molecule has 7 nitrogen and oxygen atoms in total. The van der Waals surface area contributed by atoms with Crippen molar-refractivity contribution in [3.63, 3.8) is 0 Å². The van der Waals surface area contributed by atoms with Gasteiger partial charge in [0.1, 0.15) is 5.82 Å². The van der Waals surface area contributed by atoms with E-state index in [0.29, 0.717) is 18.5 Å². The van der Waals surface area contributed by atoms with Crippen LogP contribution in [0.5, 0.6) is 0 Å². The van der Waals surface area contributed by atoms with Gasteiger partial charge in [-0.3, -0.25) is 19.7 Å². The Labute approximate surface area is 193 Å². The normalized spacial score (nSPS) is 14.5.